The normalized spacial score (nSPS) is 32.3. The van der Waals surface area contributed by atoms with Gasteiger partial charge < -0.3 is 0 Å². The number of rotatable bonds is 2. The molecule has 23 heavy (non-hydrogen) atoms. The van der Waals surface area contributed by atoms with Crippen LogP contribution >= 0.6 is 0 Å². The van der Waals surface area contributed by atoms with Gasteiger partial charge in [0.05, 0.1) is 19.0 Å². The van der Waals surface area contributed by atoms with Gasteiger partial charge in [-0.2, -0.15) is 0 Å². The Bertz CT molecular complexity index is 602. The van der Waals surface area contributed by atoms with E-state index in [2.05, 4.69) is 25.4 Å². The van der Waals surface area contributed by atoms with Crippen molar-refractivity contribution >= 4 is 5.91 Å². The fraction of sp³-hybridized carbons (Fsp3) is 0.526. The summed E-state index contributed by atoms with van der Waals surface area (Å²) in [5.74, 6) is 0.396. The Hall–Kier alpha value is -1.68. The van der Waals surface area contributed by atoms with Gasteiger partial charge in [0.1, 0.15) is 5.83 Å². The van der Waals surface area contributed by atoms with Crippen molar-refractivity contribution in [2.24, 2.45) is 5.92 Å². The molecule has 3 atom stereocenters. The smallest absolute Gasteiger partial charge is 0.241 e. The number of piperidine rings is 1. The third-order valence-electron chi connectivity index (χ3n) is 5.18. The van der Waals surface area contributed by atoms with Crippen LogP contribution in [0.15, 0.2) is 47.9 Å². The van der Waals surface area contributed by atoms with Gasteiger partial charge in [0.15, 0.2) is 0 Å². The van der Waals surface area contributed by atoms with Crippen LogP contribution in [-0.4, -0.2) is 34.6 Å². The summed E-state index contributed by atoms with van der Waals surface area (Å²) in [6.07, 6.45) is 9.90. The fourth-order valence-electron chi connectivity index (χ4n) is 3.95. The van der Waals surface area contributed by atoms with Crippen molar-refractivity contribution in [2.75, 3.05) is 6.54 Å². The van der Waals surface area contributed by atoms with Gasteiger partial charge in [-0.05, 0) is 55.4 Å². The summed E-state index contributed by atoms with van der Waals surface area (Å²) in [5, 5.41) is 4.12. The summed E-state index contributed by atoms with van der Waals surface area (Å²) in [5.41, 5.74) is 2.09. The van der Waals surface area contributed by atoms with Crippen molar-refractivity contribution in [1.29, 1.82) is 0 Å². The predicted octanol–water partition coefficient (Wildman–Crippen LogP) is 3.92. The summed E-state index contributed by atoms with van der Waals surface area (Å²) in [4.78, 5) is 12.6. The first-order valence-corrected chi connectivity index (χ1v) is 8.45. The lowest BCUT2D eigenvalue weighted by Crippen LogP contribution is -2.63. The predicted molar refractivity (Wildman–Crippen MR) is 90.0 cm³/mol. The van der Waals surface area contributed by atoms with Gasteiger partial charge in [0, 0.05) is 6.04 Å². The van der Waals surface area contributed by atoms with Crippen LogP contribution in [0.25, 0.3) is 0 Å². The van der Waals surface area contributed by atoms with Crippen LogP contribution in [0.4, 0.5) is 4.39 Å². The highest BCUT2D eigenvalue weighted by Crippen LogP contribution is 2.38. The highest BCUT2D eigenvalue weighted by Gasteiger charge is 2.43. The Morgan fingerprint density at radius 1 is 1.35 bits per heavy atom. The highest BCUT2D eigenvalue weighted by atomic mass is 19.1. The SMILES string of the molecule is C=C1CC(=O)N(CC2=CC=CC(F)=CC2)N2C(C)CCC(C)C12. The third kappa shape index (κ3) is 3.18. The van der Waals surface area contributed by atoms with Gasteiger partial charge in [0.25, 0.3) is 0 Å². The summed E-state index contributed by atoms with van der Waals surface area (Å²) in [6.45, 7) is 9.13. The lowest BCUT2D eigenvalue weighted by molar-refractivity contribution is -0.170. The van der Waals surface area contributed by atoms with Gasteiger partial charge in [-0.3, -0.25) is 9.80 Å². The van der Waals surface area contributed by atoms with Crippen molar-refractivity contribution in [3.8, 4) is 0 Å². The molecule has 2 fully saturated rings. The standard InChI is InChI=1S/C19H25FN2O/c1-13-7-8-15(3)22-19(13)14(2)11-18(23)21(22)12-16-5-4-6-17(20)10-9-16/h4-6,10,13,15,19H,2,7-9,11-12H2,1,3H3. The number of nitrogens with zero attached hydrogens (tertiary/aromatic N) is 2. The Labute approximate surface area is 137 Å². The molecule has 1 aliphatic carbocycles. The van der Waals surface area contributed by atoms with Crippen LogP contribution in [0, 0.1) is 5.92 Å². The molecule has 124 valence electrons. The molecule has 0 aromatic carbocycles. The van der Waals surface area contributed by atoms with Gasteiger partial charge >= 0.3 is 0 Å². The maximum atomic E-state index is 13.3. The molecule has 0 N–H and O–H groups in total. The van der Waals surface area contributed by atoms with E-state index in [9.17, 15) is 9.18 Å². The van der Waals surface area contributed by atoms with Crippen LogP contribution in [0.2, 0.25) is 0 Å². The number of amides is 1. The van der Waals surface area contributed by atoms with E-state index in [-0.39, 0.29) is 17.8 Å². The number of carbonyl (C=O) groups excluding carboxylic acids is 1. The lowest BCUT2D eigenvalue weighted by atomic mass is 9.82. The first kappa shape index (κ1) is 16.2. The van der Waals surface area contributed by atoms with E-state index >= 15 is 0 Å². The van der Waals surface area contributed by atoms with Crippen molar-refractivity contribution in [3.05, 3.63) is 47.9 Å². The molecule has 1 amide bonds. The van der Waals surface area contributed by atoms with E-state index in [0.717, 1.165) is 17.6 Å². The monoisotopic (exact) mass is 316 g/mol. The molecule has 0 saturated carbocycles. The van der Waals surface area contributed by atoms with Crippen LogP contribution < -0.4 is 0 Å². The number of hydrogen-bond donors (Lipinski definition) is 0. The minimum absolute atomic E-state index is 0.103. The van der Waals surface area contributed by atoms with Crippen LogP contribution in [0.5, 0.6) is 0 Å². The van der Waals surface area contributed by atoms with Crippen LogP contribution in [0.1, 0.15) is 39.5 Å². The zero-order chi connectivity index (χ0) is 16.6. The van der Waals surface area contributed by atoms with E-state index in [4.69, 9.17) is 0 Å². The topological polar surface area (TPSA) is 23.6 Å². The zero-order valence-electron chi connectivity index (χ0n) is 14.0. The second-order valence-electron chi connectivity index (χ2n) is 6.99. The van der Waals surface area contributed by atoms with Crippen LogP contribution in [-0.2, 0) is 4.79 Å². The van der Waals surface area contributed by atoms with E-state index < -0.39 is 0 Å². The second-order valence-corrected chi connectivity index (χ2v) is 6.99. The maximum absolute atomic E-state index is 13.3. The van der Waals surface area contributed by atoms with E-state index in [1.54, 1.807) is 12.2 Å². The molecule has 0 bridgehead atoms. The second kappa shape index (κ2) is 6.44. The maximum Gasteiger partial charge on any atom is 0.241 e. The quantitative estimate of drug-likeness (QED) is 0.721. The van der Waals surface area contributed by atoms with Crippen molar-refractivity contribution < 1.29 is 9.18 Å². The molecular formula is C19H25FN2O. The van der Waals surface area contributed by atoms with Gasteiger partial charge in [-0.1, -0.05) is 25.7 Å². The van der Waals surface area contributed by atoms with E-state index in [0.29, 0.717) is 31.3 Å². The first-order chi connectivity index (χ1) is 11.0. The Kier molecular flexibility index (Phi) is 4.53. The van der Waals surface area contributed by atoms with Crippen molar-refractivity contribution in [3.63, 3.8) is 0 Å². The summed E-state index contributed by atoms with van der Waals surface area (Å²) >= 11 is 0. The summed E-state index contributed by atoms with van der Waals surface area (Å²) in [7, 11) is 0. The zero-order valence-corrected chi connectivity index (χ0v) is 14.0. The minimum atomic E-state index is -0.215. The summed E-state index contributed by atoms with van der Waals surface area (Å²) in [6, 6.07) is 0.567. The van der Waals surface area contributed by atoms with Crippen molar-refractivity contribution in [2.45, 2.75) is 51.6 Å². The van der Waals surface area contributed by atoms with Gasteiger partial charge in [0.2, 0.25) is 5.91 Å². The number of hydrogen-bond acceptors (Lipinski definition) is 2. The molecule has 0 radical (unpaired) electrons. The van der Waals surface area contributed by atoms with Crippen molar-refractivity contribution in [1.82, 2.24) is 10.0 Å². The molecule has 3 aliphatic rings. The Morgan fingerprint density at radius 3 is 2.91 bits per heavy atom. The Morgan fingerprint density at radius 2 is 2.13 bits per heavy atom. The molecular weight excluding hydrogens is 291 g/mol. The molecule has 0 spiro atoms. The first-order valence-electron chi connectivity index (χ1n) is 8.45. The molecule has 2 aliphatic heterocycles. The molecule has 2 heterocycles. The Balaban J connectivity index is 1.84. The molecule has 2 saturated heterocycles. The minimum Gasteiger partial charge on any atom is -0.273 e. The van der Waals surface area contributed by atoms with E-state index in [1.165, 1.54) is 12.5 Å². The number of fused-ring (bicyclic) bond motifs is 1. The molecule has 3 rings (SSSR count). The number of hydrazine groups is 1. The number of carbonyl (C=O) groups is 1. The van der Waals surface area contributed by atoms with Gasteiger partial charge in [-0.25, -0.2) is 9.40 Å². The molecule has 0 aromatic rings. The van der Waals surface area contributed by atoms with Gasteiger partial charge in [-0.15, -0.1) is 0 Å². The largest absolute Gasteiger partial charge is 0.273 e. The molecule has 3 nitrogen and oxygen atoms in total. The average molecular weight is 316 g/mol. The van der Waals surface area contributed by atoms with E-state index in [1.807, 2.05) is 11.1 Å². The summed E-state index contributed by atoms with van der Waals surface area (Å²) < 4.78 is 13.3. The molecule has 3 unspecified atom stereocenters. The average Bonchev–Trinajstić information content (AvgIpc) is 2.70. The number of halogens is 1. The number of allylic oxidation sites excluding steroid dienone is 5. The van der Waals surface area contributed by atoms with Crippen LogP contribution in [0.3, 0.4) is 0 Å². The lowest BCUT2D eigenvalue weighted by Gasteiger charge is -2.53. The fourth-order valence-corrected chi connectivity index (χ4v) is 3.95. The third-order valence-corrected chi connectivity index (χ3v) is 5.18. The molecule has 4 heteroatoms. The highest BCUT2D eigenvalue weighted by molar-refractivity contribution is 5.80. The molecule has 0 aromatic heterocycles.